The van der Waals surface area contributed by atoms with Gasteiger partial charge in [-0.2, -0.15) is 0 Å². The molecule has 2 aliphatic rings. The summed E-state index contributed by atoms with van der Waals surface area (Å²) in [6, 6.07) is -0.288. The van der Waals surface area contributed by atoms with Gasteiger partial charge in [-0.05, 0) is 38.9 Å². The first kappa shape index (κ1) is 19.7. The monoisotopic (exact) mass is 359 g/mol. The second-order valence-corrected chi connectivity index (χ2v) is 14.2. The van der Waals surface area contributed by atoms with Crippen LogP contribution in [0.3, 0.4) is 0 Å². The third kappa shape index (κ3) is 3.95. The van der Waals surface area contributed by atoms with E-state index in [9.17, 15) is 9.90 Å². The molecule has 2 aliphatic heterocycles. The number of carbonyl (C=O) groups excluding carboxylic acids is 1. The summed E-state index contributed by atoms with van der Waals surface area (Å²) < 4.78 is 17.8. The van der Waals surface area contributed by atoms with Crippen LogP contribution in [0.15, 0.2) is 0 Å². The van der Waals surface area contributed by atoms with Crippen molar-refractivity contribution in [2.24, 2.45) is 0 Å². The average molecular weight is 360 g/mol. The van der Waals surface area contributed by atoms with E-state index in [0.717, 1.165) is 0 Å². The Kier molecular flexibility index (Phi) is 5.14. The average Bonchev–Trinajstić information content (AvgIpc) is 2.88. The Bertz CT molecular complexity index is 482. The number of likely N-dealkylation sites (tertiary alicyclic amines) is 1. The number of aliphatic hydroxyl groups excluding tert-OH is 1. The van der Waals surface area contributed by atoms with Crippen LogP contribution in [-0.4, -0.2) is 67.5 Å². The lowest BCUT2D eigenvalue weighted by Gasteiger charge is -2.40. The van der Waals surface area contributed by atoms with Crippen LogP contribution in [0.25, 0.3) is 0 Å². The smallest absolute Gasteiger partial charge is 0.410 e. The van der Waals surface area contributed by atoms with Gasteiger partial charge in [0.25, 0.3) is 0 Å². The topological polar surface area (TPSA) is 68.2 Å². The lowest BCUT2D eigenvalue weighted by Crippen LogP contribution is -2.52. The summed E-state index contributed by atoms with van der Waals surface area (Å²) in [5.74, 6) is 0. The fourth-order valence-electron chi connectivity index (χ4n) is 2.93. The number of rotatable bonds is 2. The van der Waals surface area contributed by atoms with Crippen molar-refractivity contribution in [3.05, 3.63) is 0 Å². The number of hydrogen-bond donors (Lipinski definition) is 1. The van der Waals surface area contributed by atoms with Crippen molar-refractivity contribution in [2.75, 3.05) is 13.2 Å². The summed E-state index contributed by atoms with van der Waals surface area (Å²) in [6.07, 6.45) is -1.73. The van der Waals surface area contributed by atoms with Gasteiger partial charge in [-0.1, -0.05) is 20.8 Å². The molecule has 0 spiro atoms. The fraction of sp³-hybridized carbons (Fsp3) is 0.941. The number of ether oxygens (including phenoxy) is 2. The SMILES string of the molecule is CC(C)(C)OC(=O)N1C[C@H](O)[C@H]2OC[C@H](O[Si](C)(C)C(C)(C)C)[C@H]21. The Morgan fingerprint density at radius 1 is 1.21 bits per heavy atom. The summed E-state index contributed by atoms with van der Waals surface area (Å²) in [5, 5.41) is 10.3. The Morgan fingerprint density at radius 2 is 1.79 bits per heavy atom. The molecule has 1 N–H and O–H groups in total. The van der Waals surface area contributed by atoms with Gasteiger partial charge in [-0.3, -0.25) is 4.90 Å². The van der Waals surface area contributed by atoms with E-state index in [1.54, 1.807) is 4.90 Å². The summed E-state index contributed by atoms with van der Waals surface area (Å²) in [4.78, 5) is 14.1. The second-order valence-electron chi connectivity index (χ2n) is 9.41. The highest BCUT2D eigenvalue weighted by molar-refractivity contribution is 6.74. The predicted octanol–water partition coefficient (Wildman–Crippen LogP) is 2.76. The van der Waals surface area contributed by atoms with Gasteiger partial charge < -0.3 is 19.0 Å². The molecule has 0 aromatic heterocycles. The Labute approximate surface area is 146 Å². The highest BCUT2D eigenvalue weighted by Crippen LogP contribution is 2.41. The zero-order valence-corrected chi connectivity index (χ0v) is 17.3. The molecule has 0 saturated carbocycles. The van der Waals surface area contributed by atoms with Crippen LogP contribution in [0, 0.1) is 0 Å². The van der Waals surface area contributed by atoms with Crippen LogP contribution in [-0.2, 0) is 13.9 Å². The van der Waals surface area contributed by atoms with E-state index >= 15 is 0 Å². The summed E-state index contributed by atoms with van der Waals surface area (Å²) in [6.45, 7) is 17.1. The van der Waals surface area contributed by atoms with Crippen LogP contribution in [0.5, 0.6) is 0 Å². The molecule has 0 unspecified atom stereocenters. The van der Waals surface area contributed by atoms with E-state index in [1.165, 1.54) is 0 Å². The second kappa shape index (κ2) is 6.27. The third-order valence-electron chi connectivity index (χ3n) is 5.17. The van der Waals surface area contributed by atoms with Gasteiger partial charge in [-0.15, -0.1) is 0 Å². The van der Waals surface area contributed by atoms with Crippen LogP contribution in [0.4, 0.5) is 4.79 Å². The van der Waals surface area contributed by atoms with Crippen LogP contribution in [0.2, 0.25) is 18.1 Å². The number of aliphatic hydroxyl groups is 1. The van der Waals surface area contributed by atoms with Gasteiger partial charge in [0.1, 0.15) is 11.7 Å². The van der Waals surface area contributed by atoms with Gasteiger partial charge in [-0.25, -0.2) is 4.79 Å². The number of nitrogens with zero attached hydrogens (tertiary/aromatic N) is 1. The molecule has 2 heterocycles. The third-order valence-corrected chi connectivity index (χ3v) is 9.68. The van der Waals surface area contributed by atoms with Gasteiger partial charge in [0.2, 0.25) is 0 Å². The quantitative estimate of drug-likeness (QED) is 0.768. The fourth-order valence-corrected chi connectivity index (χ4v) is 4.25. The molecule has 0 aromatic rings. The zero-order valence-electron chi connectivity index (χ0n) is 16.3. The minimum Gasteiger partial charge on any atom is -0.444 e. The van der Waals surface area contributed by atoms with Gasteiger partial charge in [0.15, 0.2) is 8.32 Å². The predicted molar refractivity (Wildman–Crippen MR) is 94.5 cm³/mol. The molecule has 4 atom stereocenters. The van der Waals surface area contributed by atoms with E-state index < -0.39 is 32.2 Å². The molecule has 140 valence electrons. The van der Waals surface area contributed by atoms with E-state index in [0.29, 0.717) is 6.61 Å². The van der Waals surface area contributed by atoms with Crippen molar-refractivity contribution < 1.29 is 23.8 Å². The first-order valence-electron chi connectivity index (χ1n) is 8.70. The number of amides is 1. The maximum atomic E-state index is 12.6. The van der Waals surface area contributed by atoms with Crippen molar-refractivity contribution >= 4 is 14.4 Å². The maximum absolute atomic E-state index is 12.6. The molecule has 0 bridgehead atoms. The Morgan fingerprint density at radius 3 is 2.29 bits per heavy atom. The van der Waals surface area contributed by atoms with Crippen molar-refractivity contribution in [1.29, 1.82) is 0 Å². The lowest BCUT2D eigenvalue weighted by molar-refractivity contribution is 0.00661. The van der Waals surface area contributed by atoms with E-state index in [1.807, 2.05) is 20.8 Å². The standard InChI is InChI=1S/C17H33NO5Si/c1-16(2,3)22-15(20)18-9-11(19)14-13(18)12(10-21-14)23-24(7,8)17(4,5)6/h11-14,19H,9-10H2,1-8H3/t11-,12-,13+,14+/m0/s1. The molecule has 0 aliphatic carbocycles. The molecule has 6 nitrogen and oxygen atoms in total. The summed E-state index contributed by atoms with van der Waals surface area (Å²) >= 11 is 0. The largest absolute Gasteiger partial charge is 0.444 e. The number of carbonyl (C=O) groups is 1. The van der Waals surface area contributed by atoms with E-state index in [2.05, 4.69) is 33.9 Å². The first-order valence-corrected chi connectivity index (χ1v) is 11.6. The van der Waals surface area contributed by atoms with Crippen LogP contribution >= 0.6 is 0 Å². The minimum absolute atomic E-state index is 0.0685. The number of β-amino-alcohol motifs (C(OH)–C–C–N with tert-alkyl or cyclic N) is 1. The first-order chi connectivity index (χ1) is 10.7. The van der Waals surface area contributed by atoms with Crippen LogP contribution < -0.4 is 0 Å². The molecule has 2 fully saturated rings. The molecular weight excluding hydrogens is 326 g/mol. The lowest BCUT2D eigenvalue weighted by atomic mass is 10.1. The molecule has 1 amide bonds. The minimum atomic E-state index is -2.00. The highest BCUT2D eigenvalue weighted by Gasteiger charge is 2.55. The van der Waals surface area contributed by atoms with Gasteiger partial charge in [0, 0.05) is 0 Å². The van der Waals surface area contributed by atoms with Gasteiger partial charge in [0.05, 0.1) is 31.4 Å². The molecular formula is C17H33NO5Si. The molecule has 2 saturated heterocycles. The molecule has 0 radical (unpaired) electrons. The number of fused-ring (bicyclic) bond motifs is 1. The summed E-state index contributed by atoms with van der Waals surface area (Å²) in [7, 11) is -2.00. The van der Waals surface area contributed by atoms with Crippen molar-refractivity contribution in [3.8, 4) is 0 Å². The number of hydrogen-bond acceptors (Lipinski definition) is 5. The highest BCUT2D eigenvalue weighted by atomic mass is 28.4. The normalized spacial score (nSPS) is 31.3. The molecule has 24 heavy (non-hydrogen) atoms. The molecule has 0 aromatic carbocycles. The maximum Gasteiger partial charge on any atom is 0.410 e. The van der Waals surface area contributed by atoms with E-state index in [4.69, 9.17) is 13.9 Å². The van der Waals surface area contributed by atoms with E-state index in [-0.39, 0.29) is 23.7 Å². The zero-order chi connectivity index (χ0) is 18.5. The summed E-state index contributed by atoms with van der Waals surface area (Å²) in [5.41, 5.74) is -0.574. The van der Waals surface area contributed by atoms with Crippen LogP contribution in [0.1, 0.15) is 41.5 Å². The van der Waals surface area contributed by atoms with Crippen molar-refractivity contribution in [3.63, 3.8) is 0 Å². The van der Waals surface area contributed by atoms with Gasteiger partial charge >= 0.3 is 6.09 Å². The van der Waals surface area contributed by atoms with Crippen molar-refractivity contribution in [2.45, 2.75) is 89.6 Å². The molecule has 7 heteroatoms. The van der Waals surface area contributed by atoms with Crippen molar-refractivity contribution in [1.82, 2.24) is 4.90 Å². The Hall–Kier alpha value is -0.633. The Balaban J connectivity index is 2.17. The molecule has 2 rings (SSSR count).